The van der Waals surface area contributed by atoms with Crippen molar-refractivity contribution in [2.24, 2.45) is 0 Å². The first-order chi connectivity index (χ1) is 15.3. The van der Waals surface area contributed by atoms with Gasteiger partial charge < -0.3 is 15.3 Å². The summed E-state index contributed by atoms with van der Waals surface area (Å²) in [6.07, 6.45) is 2.24. The highest BCUT2D eigenvalue weighted by Crippen LogP contribution is 2.30. The SMILES string of the molecule is Cc1cc([C@@H](C)Nc2ccccc2C(=O)O)c2nc(N3CC[C@H]3CF)c(C#N)c(=O)n2c1. The van der Waals surface area contributed by atoms with Gasteiger partial charge in [-0.3, -0.25) is 9.20 Å². The number of nitrogens with zero attached hydrogens (tertiary/aromatic N) is 4. The fourth-order valence-corrected chi connectivity index (χ4v) is 4.01. The Bertz CT molecular complexity index is 1310. The fourth-order valence-electron chi connectivity index (χ4n) is 4.01. The summed E-state index contributed by atoms with van der Waals surface area (Å²) in [5.41, 5.74) is 1.70. The first-order valence-corrected chi connectivity index (χ1v) is 10.2. The van der Waals surface area contributed by atoms with E-state index in [1.165, 1.54) is 10.5 Å². The number of para-hydroxylation sites is 1. The Morgan fingerprint density at radius 3 is 2.81 bits per heavy atom. The van der Waals surface area contributed by atoms with Crippen LogP contribution in [0.3, 0.4) is 0 Å². The lowest BCUT2D eigenvalue weighted by Crippen LogP contribution is -2.50. The standard InChI is InChI=1S/C23H22FN5O3/c1-13-9-17(14(2)26-19-6-4-3-5-16(19)23(31)32)20-27-21(28-8-7-15(28)10-24)18(11-25)22(30)29(20)12-13/h3-6,9,12,14-15,26H,7-8,10H2,1-2H3,(H,31,32)/t14-,15+/m1/s1. The van der Waals surface area contributed by atoms with Crippen molar-refractivity contribution >= 4 is 23.1 Å². The quantitative estimate of drug-likeness (QED) is 0.611. The number of rotatable bonds is 6. The Morgan fingerprint density at radius 1 is 1.44 bits per heavy atom. The molecule has 2 atom stereocenters. The molecule has 1 saturated heterocycles. The number of alkyl halides is 1. The molecule has 1 aliphatic rings. The Labute approximate surface area is 183 Å². The van der Waals surface area contributed by atoms with Crippen molar-refractivity contribution in [3.05, 3.63) is 69.1 Å². The summed E-state index contributed by atoms with van der Waals surface area (Å²) in [6, 6.07) is 9.54. The summed E-state index contributed by atoms with van der Waals surface area (Å²) < 4.78 is 14.7. The molecule has 2 aromatic heterocycles. The van der Waals surface area contributed by atoms with E-state index in [4.69, 9.17) is 0 Å². The van der Waals surface area contributed by atoms with Crippen molar-refractivity contribution < 1.29 is 14.3 Å². The Balaban J connectivity index is 1.87. The zero-order valence-corrected chi connectivity index (χ0v) is 17.7. The van der Waals surface area contributed by atoms with E-state index in [2.05, 4.69) is 10.3 Å². The molecule has 0 saturated carbocycles. The van der Waals surface area contributed by atoms with Crippen LogP contribution in [0.15, 0.2) is 41.3 Å². The lowest BCUT2D eigenvalue weighted by Gasteiger charge is -2.40. The van der Waals surface area contributed by atoms with E-state index >= 15 is 0 Å². The highest BCUT2D eigenvalue weighted by Gasteiger charge is 2.32. The highest BCUT2D eigenvalue weighted by molar-refractivity contribution is 5.94. The zero-order valence-electron chi connectivity index (χ0n) is 17.7. The molecule has 1 fully saturated rings. The van der Waals surface area contributed by atoms with Gasteiger partial charge in [-0.15, -0.1) is 0 Å². The minimum absolute atomic E-state index is 0.117. The predicted molar refractivity (Wildman–Crippen MR) is 118 cm³/mol. The van der Waals surface area contributed by atoms with E-state index < -0.39 is 30.3 Å². The minimum atomic E-state index is -1.06. The summed E-state index contributed by atoms with van der Waals surface area (Å²) in [6.45, 7) is 3.59. The van der Waals surface area contributed by atoms with Crippen molar-refractivity contribution in [2.75, 3.05) is 23.4 Å². The Kier molecular flexibility index (Phi) is 5.53. The van der Waals surface area contributed by atoms with Crippen molar-refractivity contribution in [1.82, 2.24) is 9.38 Å². The summed E-state index contributed by atoms with van der Waals surface area (Å²) in [5.74, 6) is -0.866. The van der Waals surface area contributed by atoms with Crippen molar-refractivity contribution in [1.29, 1.82) is 5.26 Å². The Morgan fingerprint density at radius 2 is 2.19 bits per heavy atom. The number of halogens is 1. The number of nitriles is 1. The number of aryl methyl sites for hydroxylation is 1. The minimum Gasteiger partial charge on any atom is -0.478 e. The second-order valence-electron chi connectivity index (χ2n) is 7.90. The molecular weight excluding hydrogens is 413 g/mol. The topological polar surface area (TPSA) is 111 Å². The number of aromatic carboxylic acids is 1. The number of carbonyl (C=O) groups is 1. The lowest BCUT2D eigenvalue weighted by molar-refractivity contribution is 0.0698. The highest BCUT2D eigenvalue weighted by atomic mass is 19.1. The maximum atomic E-state index is 13.3. The Hall–Kier alpha value is -3.93. The summed E-state index contributed by atoms with van der Waals surface area (Å²) >= 11 is 0. The third-order valence-corrected chi connectivity index (χ3v) is 5.77. The molecule has 8 nitrogen and oxygen atoms in total. The van der Waals surface area contributed by atoms with Gasteiger partial charge in [-0.25, -0.2) is 14.2 Å². The van der Waals surface area contributed by atoms with E-state index in [0.717, 1.165) is 5.56 Å². The van der Waals surface area contributed by atoms with Gasteiger partial charge in [0, 0.05) is 24.0 Å². The zero-order chi connectivity index (χ0) is 23.0. The second-order valence-corrected chi connectivity index (χ2v) is 7.90. The van der Waals surface area contributed by atoms with E-state index in [1.54, 1.807) is 29.3 Å². The number of aromatic nitrogens is 2. The van der Waals surface area contributed by atoms with Gasteiger partial charge in [-0.1, -0.05) is 12.1 Å². The van der Waals surface area contributed by atoms with Crippen molar-refractivity contribution in [3.8, 4) is 6.07 Å². The third-order valence-electron chi connectivity index (χ3n) is 5.77. The molecule has 4 rings (SSSR count). The van der Waals surface area contributed by atoms with Crippen LogP contribution in [0.25, 0.3) is 5.65 Å². The molecule has 2 N–H and O–H groups in total. The van der Waals surface area contributed by atoms with Crippen molar-refractivity contribution in [2.45, 2.75) is 32.4 Å². The molecule has 164 valence electrons. The van der Waals surface area contributed by atoms with Gasteiger partial charge in [0.05, 0.1) is 17.6 Å². The van der Waals surface area contributed by atoms with Gasteiger partial charge in [0.1, 0.15) is 18.4 Å². The van der Waals surface area contributed by atoms with Crippen LogP contribution in [0.4, 0.5) is 15.9 Å². The first-order valence-electron chi connectivity index (χ1n) is 10.2. The second kappa shape index (κ2) is 8.30. The normalized spacial score (nSPS) is 16.3. The third kappa shape index (κ3) is 3.54. The van der Waals surface area contributed by atoms with Crippen LogP contribution in [0, 0.1) is 18.3 Å². The molecule has 9 heteroatoms. The van der Waals surface area contributed by atoms with Crippen LogP contribution in [0.2, 0.25) is 0 Å². The molecule has 0 unspecified atom stereocenters. The molecule has 3 heterocycles. The van der Waals surface area contributed by atoms with Gasteiger partial charge in [-0.2, -0.15) is 5.26 Å². The number of nitrogens with one attached hydrogen (secondary N) is 1. The number of hydrogen-bond acceptors (Lipinski definition) is 6. The predicted octanol–water partition coefficient (Wildman–Crippen LogP) is 3.29. The number of anilines is 2. The lowest BCUT2D eigenvalue weighted by atomic mass is 10.0. The molecule has 0 spiro atoms. The van der Waals surface area contributed by atoms with Gasteiger partial charge in [0.25, 0.3) is 5.56 Å². The van der Waals surface area contributed by atoms with E-state index in [0.29, 0.717) is 29.9 Å². The van der Waals surface area contributed by atoms with Gasteiger partial charge in [0.15, 0.2) is 11.4 Å². The number of fused-ring (bicyclic) bond motifs is 1. The maximum absolute atomic E-state index is 13.3. The number of hydrogen-bond donors (Lipinski definition) is 2. The van der Waals surface area contributed by atoms with E-state index in [1.807, 2.05) is 26.0 Å². The van der Waals surface area contributed by atoms with Crippen LogP contribution in [-0.4, -0.2) is 39.7 Å². The number of carboxylic acids is 1. The molecular formula is C23H22FN5O3. The van der Waals surface area contributed by atoms with Crippen LogP contribution in [-0.2, 0) is 0 Å². The summed E-state index contributed by atoms with van der Waals surface area (Å²) in [5, 5.41) is 22.3. The average molecular weight is 435 g/mol. The van der Waals surface area contributed by atoms with Crippen LogP contribution in [0.5, 0.6) is 0 Å². The molecule has 3 aromatic rings. The molecule has 1 aliphatic heterocycles. The molecule has 1 aromatic carbocycles. The van der Waals surface area contributed by atoms with E-state index in [-0.39, 0.29) is 16.9 Å². The molecule has 0 bridgehead atoms. The average Bonchev–Trinajstić information content (AvgIpc) is 2.74. The molecule has 0 aliphatic carbocycles. The van der Waals surface area contributed by atoms with Crippen LogP contribution >= 0.6 is 0 Å². The van der Waals surface area contributed by atoms with Crippen molar-refractivity contribution in [3.63, 3.8) is 0 Å². The van der Waals surface area contributed by atoms with Gasteiger partial charge in [-0.05, 0) is 44.0 Å². The molecule has 0 amide bonds. The van der Waals surface area contributed by atoms with Crippen LogP contribution in [0.1, 0.15) is 46.4 Å². The number of pyridine rings is 1. The molecule has 32 heavy (non-hydrogen) atoms. The monoisotopic (exact) mass is 435 g/mol. The largest absolute Gasteiger partial charge is 0.478 e. The van der Waals surface area contributed by atoms with Gasteiger partial charge in [0.2, 0.25) is 0 Å². The number of carboxylic acid groups (broad SMARTS) is 1. The number of benzene rings is 1. The molecule has 0 radical (unpaired) electrons. The smallest absolute Gasteiger partial charge is 0.337 e. The summed E-state index contributed by atoms with van der Waals surface area (Å²) in [4.78, 5) is 31.0. The maximum Gasteiger partial charge on any atom is 0.337 e. The van der Waals surface area contributed by atoms with Gasteiger partial charge >= 0.3 is 5.97 Å². The first kappa shape index (κ1) is 21.3. The van der Waals surface area contributed by atoms with E-state index in [9.17, 15) is 24.3 Å². The van der Waals surface area contributed by atoms with Crippen LogP contribution < -0.4 is 15.8 Å². The summed E-state index contributed by atoms with van der Waals surface area (Å²) in [7, 11) is 0. The fraction of sp³-hybridized carbons (Fsp3) is 0.304.